The molecule has 0 aromatic heterocycles. The summed E-state index contributed by atoms with van der Waals surface area (Å²) in [5.74, 6) is 0. The monoisotopic (exact) mass is 152 g/mol. The lowest BCUT2D eigenvalue weighted by atomic mass is 10.1. The van der Waals surface area contributed by atoms with E-state index in [1.165, 1.54) is 12.0 Å². The molecule has 0 bridgehead atoms. The van der Waals surface area contributed by atoms with Gasteiger partial charge in [0.15, 0.2) is 0 Å². The van der Waals surface area contributed by atoms with Gasteiger partial charge < -0.3 is 0 Å². The summed E-state index contributed by atoms with van der Waals surface area (Å²) < 4.78 is 0. The van der Waals surface area contributed by atoms with E-state index in [1.807, 2.05) is 6.08 Å². The molecule has 0 amide bonds. The number of aldehydes is 1. The lowest BCUT2D eigenvalue weighted by Gasteiger charge is -2.00. The highest BCUT2D eigenvalue weighted by atomic mass is 16.1. The second-order valence-corrected chi connectivity index (χ2v) is 2.56. The second-order valence-electron chi connectivity index (χ2n) is 2.56. The van der Waals surface area contributed by atoms with Gasteiger partial charge in [-0.05, 0) is 25.3 Å². The molecule has 0 aliphatic heterocycles. The van der Waals surface area contributed by atoms with Crippen LogP contribution in [0.1, 0.15) is 32.6 Å². The molecule has 0 N–H and O–H groups in total. The van der Waals surface area contributed by atoms with Crippen LogP contribution in [0.4, 0.5) is 0 Å². The van der Waals surface area contributed by atoms with Crippen LogP contribution in [0, 0.1) is 0 Å². The van der Waals surface area contributed by atoms with Crippen LogP contribution in [-0.2, 0) is 4.79 Å². The third kappa shape index (κ3) is 5.59. The minimum Gasteiger partial charge on any atom is -0.299 e. The van der Waals surface area contributed by atoms with Gasteiger partial charge in [0.1, 0.15) is 6.29 Å². The van der Waals surface area contributed by atoms with Gasteiger partial charge >= 0.3 is 0 Å². The molecule has 0 aromatic carbocycles. The Morgan fingerprint density at radius 2 is 2.27 bits per heavy atom. The smallest absolute Gasteiger partial charge is 0.142 e. The van der Waals surface area contributed by atoms with E-state index in [-0.39, 0.29) is 0 Å². The standard InChI is InChI=1S/C10H16O/c1-3-5-7-10(6-4-2)8-9-11/h4,8-9H,2-3,5-7H2,1H3/b10-8-. The van der Waals surface area contributed by atoms with Gasteiger partial charge in [-0.25, -0.2) is 0 Å². The largest absolute Gasteiger partial charge is 0.299 e. The van der Waals surface area contributed by atoms with Crippen molar-refractivity contribution in [1.29, 1.82) is 0 Å². The molecule has 0 radical (unpaired) electrons. The molecule has 1 heteroatoms. The van der Waals surface area contributed by atoms with Gasteiger partial charge in [-0.3, -0.25) is 4.79 Å². The van der Waals surface area contributed by atoms with Crippen LogP contribution >= 0.6 is 0 Å². The first kappa shape index (κ1) is 10.2. The Hall–Kier alpha value is -0.850. The van der Waals surface area contributed by atoms with Crippen LogP contribution in [0.2, 0.25) is 0 Å². The van der Waals surface area contributed by atoms with Gasteiger partial charge in [-0.15, -0.1) is 6.58 Å². The fourth-order valence-electron chi connectivity index (χ4n) is 0.939. The van der Waals surface area contributed by atoms with E-state index in [1.54, 1.807) is 6.08 Å². The fraction of sp³-hybridized carbons (Fsp3) is 0.500. The van der Waals surface area contributed by atoms with E-state index in [9.17, 15) is 4.79 Å². The number of unbranched alkanes of at least 4 members (excludes halogenated alkanes) is 1. The quantitative estimate of drug-likeness (QED) is 0.325. The summed E-state index contributed by atoms with van der Waals surface area (Å²) in [6.07, 6.45) is 8.55. The van der Waals surface area contributed by atoms with Crippen molar-refractivity contribution in [2.45, 2.75) is 32.6 Å². The molecule has 0 aliphatic carbocycles. The molecule has 0 atom stereocenters. The molecule has 62 valence electrons. The normalized spacial score (nSPS) is 11.2. The highest BCUT2D eigenvalue weighted by molar-refractivity contribution is 5.66. The molecule has 0 heterocycles. The Labute approximate surface area is 68.8 Å². The number of hydrogen-bond acceptors (Lipinski definition) is 1. The Morgan fingerprint density at radius 3 is 2.73 bits per heavy atom. The summed E-state index contributed by atoms with van der Waals surface area (Å²) in [7, 11) is 0. The maximum atomic E-state index is 10.1. The molecule has 0 saturated heterocycles. The predicted octanol–water partition coefficient (Wildman–Crippen LogP) is 2.88. The third-order valence-corrected chi connectivity index (χ3v) is 1.56. The third-order valence-electron chi connectivity index (χ3n) is 1.56. The van der Waals surface area contributed by atoms with Crippen molar-refractivity contribution in [1.82, 2.24) is 0 Å². The Kier molecular flexibility index (Phi) is 6.70. The highest BCUT2D eigenvalue weighted by Gasteiger charge is 1.92. The summed E-state index contributed by atoms with van der Waals surface area (Å²) in [6.45, 7) is 5.78. The Balaban J connectivity index is 3.78. The average molecular weight is 152 g/mol. The first-order valence-corrected chi connectivity index (χ1v) is 4.09. The molecule has 0 aromatic rings. The topological polar surface area (TPSA) is 17.1 Å². The Morgan fingerprint density at radius 1 is 1.55 bits per heavy atom. The van der Waals surface area contributed by atoms with Gasteiger partial charge in [0, 0.05) is 0 Å². The molecule has 0 spiro atoms. The van der Waals surface area contributed by atoms with Crippen molar-refractivity contribution in [3.8, 4) is 0 Å². The van der Waals surface area contributed by atoms with Gasteiger partial charge in [0.2, 0.25) is 0 Å². The van der Waals surface area contributed by atoms with Crippen LogP contribution in [0.3, 0.4) is 0 Å². The SMILES string of the molecule is C=CC/C(=C/C=O)CCCC. The molecule has 1 nitrogen and oxygen atoms in total. The van der Waals surface area contributed by atoms with E-state index in [0.717, 1.165) is 25.5 Å². The van der Waals surface area contributed by atoms with E-state index in [0.29, 0.717) is 0 Å². The van der Waals surface area contributed by atoms with Crippen molar-refractivity contribution in [2.24, 2.45) is 0 Å². The lowest BCUT2D eigenvalue weighted by Crippen LogP contribution is -1.82. The number of hydrogen-bond donors (Lipinski definition) is 0. The molecule has 0 saturated carbocycles. The fourth-order valence-corrected chi connectivity index (χ4v) is 0.939. The minimum atomic E-state index is 0.846. The van der Waals surface area contributed by atoms with Crippen molar-refractivity contribution in [2.75, 3.05) is 0 Å². The molecular formula is C10H16O. The lowest BCUT2D eigenvalue weighted by molar-refractivity contribution is -0.104. The average Bonchev–Trinajstić information content (AvgIpc) is 2.01. The number of carbonyl (C=O) groups is 1. The van der Waals surface area contributed by atoms with Crippen LogP contribution in [0.25, 0.3) is 0 Å². The molecule has 0 aliphatic rings. The molecule has 0 unspecified atom stereocenters. The molecule has 0 fully saturated rings. The van der Waals surface area contributed by atoms with Crippen molar-refractivity contribution < 1.29 is 4.79 Å². The van der Waals surface area contributed by atoms with Gasteiger partial charge in [-0.2, -0.15) is 0 Å². The summed E-state index contributed by atoms with van der Waals surface area (Å²) in [4.78, 5) is 10.1. The highest BCUT2D eigenvalue weighted by Crippen LogP contribution is 2.10. The van der Waals surface area contributed by atoms with Crippen molar-refractivity contribution >= 4 is 6.29 Å². The molecule has 11 heavy (non-hydrogen) atoms. The zero-order chi connectivity index (χ0) is 8.53. The zero-order valence-corrected chi connectivity index (χ0v) is 7.18. The Bertz CT molecular complexity index is 145. The summed E-state index contributed by atoms with van der Waals surface area (Å²) in [5, 5.41) is 0. The molecule has 0 rings (SSSR count). The first-order chi connectivity index (χ1) is 5.35. The maximum Gasteiger partial charge on any atom is 0.142 e. The van der Waals surface area contributed by atoms with Crippen LogP contribution < -0.4 is 0 Å². The predicted molar refractivity (Wildman–Crippen MR) is 48.5 cm³/mol. The van der Waals surface area contributed by atoms with Crippen LogP contribution in [0.15, 0.2) is 24.3 Å². The first-order valence-electron chi connectivity index (χ1n) is 4.09. The van der Waals surface area contributed by atoms with Gasteiger partial charge in [0.25, 0.3) is 0 Å². The van der Waals surface area contributed by atoms with Crippen molar-refractivity contribution in [3.63, 3.8) is 0 Å². The van der Waals surface area contributed by atoms with Crippen molar-refractivity contribution in [3.05, 3.63) is 24.3 Å². The zero-order valence-electron chi connectivity index (χ0n) is 7.18. The summed E-state index contributed by atoms with van der Waals surface area (Å²) in [6, 6.07) is 0. The number of carbonyl (C=O) groups excluding carboxylic acids is 1. The number of allylic oxidation sites excluding steroid dienone is 3. The van der Waals surface area contributed by atoms with E-state index in [4.69, 9.17) is 0 Å². The minimum absolute atomic E-state index is 0.846. The number of rotatable bonds is 6. The van der Waals surface area contributed by atoms with Gasteiger partial charge in [0.05, 0.1) is 0 Å². The van der Waals surface area contributed by atoms with Gasteiger partial charge in [-0.1, -0.05) is 25.0 Å². The van der Waals surface area contributed by atoms with E-state index in [2.05, 4.69) is 13.5 Å². The van der Waals surface area contributed by atoms with E-state index >= 15 is 0 Å². The maximum absolute atomic E-state index is 10.1. The summed E-state index contributed by atoms with van der Waals surface area (Å²) >= 11 is 0. The van der Waals surface area contributed by atoms with Crippen LogP contribution in [0.5, 0.6) is 0 Å². The summed E-state index contributed by atoms with van der Waals surface area (Å²) in [5.41, 5.74) is 1.19. The van der Waals surface area contributed by atoms with Crippen LogP contribution in [-0.4, -0.2) is 6.29 Å². The van der Waals surface area contributed by atoms with E-state index < -0.39 is 0 Å². The second kappa shape index (κ2) is 7.26. The molecular weight excluding hydrogens is 136 g/mol.